The van der Waals surface area contributed by atoms with Crippen molar-refractivity contribution in [3.05, 3.63) is 29.3 Å². The highest BCUT2D eigenvalue weighted by Crippen LogP contribution is 2.23. The normalized spacial score (nSPS) is 11.6. The molecule has 1 unspecified atom stereocenters. The molecule has 0 aromatic heterocycles. The van der Waals surface area contributed by atoms with E-state index in [9.17, 15) is 5.11 Å². The molecule has 0 bridgehead atoms. The fraction of sp³-hybridized carbons (Fsp3) is 0.455. The van der Waals surface area contributed by atoms with Crippen LogP contribution in [0.5, 0.6) is 5.75 Å². The Labute approximate surface area is 109 Å². The number of phenolic OH excluding ortho intramolecular Hbond substituents is 1. The van der Waals surface area contributed by atoms with Crippen LogP contribution in [0.2, 0.25) is 0 Å². The van der Waals surface area contributed by atoms with Crippen molar-refractivity contribution in [1.29, 1.82) is 0 Å². The molecule has 94 valence electrons. The highest BCUT2D eigenvalue weighted by molar-refractivity contribution is 5.85. The molecule has 1 rings (SSSR count). The first-order valence-corrected chi connectivity index (χ1v) is 4.87. The molecule has 0 fully saturated rings. The van der Waals surface area contributed by atoms with Gasteiger partial charge in [0.2, 0.25) is 0 Å². The summed E-state index contributed by atoms with van der Waals surface area (Å²) in [5.41, 5.74) is 2.02. The lowest BCUT2D eigenvalue weighted by Gasteiger charge is -2.23. The van der Waals surface area contributed by atoms with E-state index in [2.05, 4.69) is 6.92 Å². The molecule has 0 aliphatic carbocycles. The number of halogens is 2. The molecule has 0 radical (unpaired) electrons. The standard InChI is InChI=1S/C11H18N2O.2ClH/c1-4-13(12)9(3)10-5-6-11(14)8(2)7-10;;/h5-7,9,14H,4,12H2,1-3H3;2*1H. The second-order valence-corrected chi connectivity index (χ2v) is 3.55. The average molecular weight is 267 g/mol. The average Bonchev–Trinajstić information content (AvgIpc) is 2.20. The van der Waals surface area contributed by atoms with Crippen LogP contribution in [0.15, 0.2) is 18.2 Å². The third kappa shape index (κ3) is 4.18. The van der Waals surface area contributed by atoms with E-state index in [0.717, 1.165) is 17.7 Å². The number of phenols is 1. The number of hydrogen-bond acceptors (Lipinski definition) is 3. The summed E-state index contributed by atoms with van der Waals surface area (Å²) in [5, 5.41) is 11.1. The molecule has 0 amide bonds. The minimum atomic E-state index is 0. The van der Waals surface area contributed by atoms with Gasteiger partial charge in [0.05, 0.1) is 0 Å². The third-order valence-electron chi connectivity index (χ3n) is 2.57. The molecule has 0 saturated heterocycles. The van der Waals surface area contributed by atoms with Gasteiger partial charge in [0.15, 0.2) is 0 Å². The zero-order chi connectivity index (χ0) is 10.7. The maximum absolute atomic E-state index is 9.38. The van der Waals surface area contributed by atoms with Gasteiger partial charge in [-0.15, -0.1) is 24.8 Å². The van der Waals surface area contributed by atoms with Gasteiger partial charge in [0.1, 0.15) is 5.75 Å². The van der Waals surface area contributed by atoms with Crippen LogP contribution < -0.4 is 5.84 Å². The molecule has 0 aliphatic rings. The van der Waals surface area contributed by atoms with Crippen molar-refractivity contribution in [2.75, 3.05) is 6.54 Å². The number of rotatable bonds is 3. The van der Waals surface area contributed by atoms with Crippen LogP contribution in [0, 0.1) is 6.92 Å². The largest absolute Gasteiger partial charge is 0.508 e. The van der Waals surface area contributed by atoms with Gasteiger partial charge in [-0.3, -0.25) is 5.84 Å². The number of aryl methyl sites for hydroxylation is 1. The molecular formula is C11H20Cl2N2O. The van der Waals surface area contributed by atoms with Crippen LogP contribution in [-0.2, 0) is 0 Å². The Bertz CT molecular complexity index is 321. The highest BCUT2D eigenvalue weighted by atomic mass is 35.5. The minimum absolute atomic E-state index is 0. The Balaban J connectivity index is 0. The highest BCUT2D eigenvalue weighted by Gasteiger charge is 2.11. The van der Waals surface area contributed by atoms with E-state index in [0.29, 0.717) is 5.75 Å². The molecule has 0 spiro atoms. The van der Waals surface area contributed by atoms with Gasteiger partial charge in [-0.05, 0) is 31.0 Å². The van der Waals surface area contributed by atoms with E-state index in [1.54, 1.807) is 11.1 Å². The molecule has 0 heterocycles. The SMILES string of the molecule is CCN(N)C(C)c1ccc(O)c(C)c1.Cl.Cl. The lowest BCUT2D eigenvalue weighted by molar-refractivity contribution is 0.228. The molecule has 16 heavy (non-hydrogen) atoms. The molecule has 0 aliphatic heterocycles. The van der Waals surface area contributed by atoms with E-state index in [1.807, 2.05) is 26.0 Å². The van der Waals surface area contributed by atoms with E-state index < -0.39 is 0 Å². The van der Waals surface area contributed by atoms with Gasteiger partial charge in [-0.2, -0.15) is 0 Å². The van der Waals surface area contributed by atoms with E-state index in [4.69, 9.17) is 5.84 Å². The van der Waals surface area contributed by atoms with Crippen molar-refractivity contribution in [3.63, 3.8) is 0 Å². The summed E-state index contributed by atoms with van der Waals surface area (Å²) >= 11 is 0. The number of hydrazine groups is 1. The van der Waals surface area contributed by atoms with E-state index >= 15 is 0 Å². The Morgan fingerprint density at radius 1 is 1.38 bits per heavy atom. The van der Waals surface area contributed by atoms with Gasteiger partial charge in [0.25, 0.3) is 0 Å². The third-order valence-corrected chi connectivity index (χ3v) is 2.57. The summed E-state index contributed by atoms with van der Waals surface area (Å²) in [6.45, 7) is 6.76. The van der Waals surface area contributed by atoms with Crippen LogP contribution in [0.3, 0.4) is 0 Å². The molecule has 1 aromatic carbocycles. The van der Waals surface area contributed by atoms with Gasteiger partial charge in [-0.25, -0.2) is 5.01 Å². The first-order valence-electron chi connectivity index (χ1n) is 4.87. The van der Waals surface area contributed by atoms with E-state index in [-0.39, 0.29) is 30.9 Å². The van der Waals surface area contributed by atoms with Crippen LogP contribution >= 0.6 is 24.8 Å². The topological polar surface area (TPSA) is 49.5 Å². The summed E-state index contributed by atoms with van der Waals surface area (Å²) in [4.78, 5) is 0. The van der Waals surface area contributed by atoms with Gasteiger partial charge in [0, 0.05) is 12.6 Å². The number of nitrogens with zero attached hydrogens (tertiary/aromatic N) is 1. The second kappa shape index (κ2) is 7.74. The Kier molecular flexibility index (Phi) is 8.66. The van der Waals surface area contributed by atoms with Crippen LogP contribution in [0.1, 0.15) is 31.0 Å². The molecule has 3 N–H and O–H groups in total. The molecular weight excluding hydrogens is 247 g/mol. The molecule has 0 saturated carbocycles. The van der Waals surface area contributed by atoms with Crippen molar-refractivity contribution in [2.45, 2.75) is 26.8 Å². The fourth-order valence-corrected chi connectivity index (χ4v) is 1.40. The maximum atomic E-state index is 9.38. The van der Waals surface area contributed by atoms with Crippen molar-refractivity contribution in [1.82, 2.24) is 5.01 Å². The zero-order valence-electron chi connectivity index (χ0n) is 9.80. The molecule has 3 nitrogen and oxygen atoms in total. The summed E-state index contributed by atoms with van der Waals surface area (Å²) in [7, 11) is 0. The molecule has 1 atom stereocenters. The van der Waals surface area contributed by atoms with Crippen LogP contribution in [-0.4, -0.2) is 16.7 Å². The van der Waals surface area contributed by atoms with Crippen molar-refractivity contribution in [3.8, 4) is 5.75 Å². The predicted octanol–water partition coefficient (Wildman–Crippen LogP) is 2.80. The first kappa shape index (κ1) is 17.9. The van der Waals surface area contributed by atoms with Crippen molar-refractivity contribution < 1.29 is 5.11 Å². The Hall–Kier alpha value is -0.480. The molecule has 1 aromatic rings. The summed E-state index contributed by atoms with van der Waals surface area (Å²) in [5.74, 6) is 6.14. The van der Waals surface area contributed by atoms with Crippen molar-refractivity contribution in [2.24, 2.45) is 5.84 Å². The summed E-state index contributed by atoms with van der Waals surface area (Å²) < 4.78 is 0. The maximum Gasteiger partial charge on any atom is 0.118 e. The van der Waals surface area contributed by atoms with Crippen molar-refractivity contribution >= 4 is 24.8 Å². The quantitative estimate of drug-likeness (QED) is 0.654. The number of aromatic hydroxyl groups is 1. The van der Waals surface area contributed by atoms with Gasteiger partial charge >= 0.3 is 0 Å². The summed E-state index contributed by atoms with van der Waals surface area (Å²) in [6, 6.07) is 5.77. The Morgan fingerprint density at radius 2 is 1.94 bits per heavy atom. The predicted molar refractivity (Wildman–Crippen MR) is 72.3 cm³/mol. The number of benzene rings is 1. The fourth-order valence-electron chi connectivity index (χ4n) is 1.40. The minimum Gasteiger partial charge on any atom is -0.508 e. The van der Waals surface area contributed by atoms with Crippen LogP contribution in [0.25, 0.3) is 0 Å². The smallest absolute Gasteiger partial charge is 0.118 e. The van der Waals surface area contributed by atoms with Gasteiger partial charge < -0.3 is 5.11 Å². The lowest BCUT2D eigenvalue weighted by Crippen LogP contribution is -2.33. The second-order valence-electron chi connectivity index (χ2n) is 3.55. The number of hydrogen-bond donors (Lipinski definition) is 2. The summed E-state index contributed by atoms with van der Waals surface area (Å²) in [6.07, 6.45) is 0. The first-order chi connectivity index (χ1) is 6.56. The Morgan fingerprint density at radius 3 is 2.38 bits per heavy atom. The molecule has 5 heteroatoms. The lowest BCUT2D eigenvalue weighted by atomic mass is 10.0. The number of nitrogens with two attached hydrogens (primary N) is 1. The monoisotopic (exact) mass is 266 g/mol. The zero-order valence-corrected chi connectivity index (χ0v) is 11.4. The van der Waals surface area contributed by atoms with Crippen LogP contribution in [0.4, 0.5) is 0 Å². The van der Waals surface area contributed by atoms with Gasteiger partial charge in [-0.1, -0.05) is 19.1 Å². The van der Waals surface area contributed by atoms with E-state index in [1.165, 1.54) is 0 Å².